The molecule has 0 heterocycles. The summed E-state index contributed by atoms with van der Waals surface area (Å²) in [6.45, 7) is 0. The highest BCUT2D eigenvalue weighted by atomic mass is 19.1. The molecular formula is C11H13FO3. The maximum absolute atomic E-state index is 12.8. The lowest BCUT2D eigenvalue weighted by atomic mass is 10.0. The van der Waals surface area contributed by atoms with E-state index < -0.39 is 18.2 Å². The van der Waals surface area contributed by atoms with E-state index in [0.29, 0.717) is 6.42 Å². The van der Waals surface area contributed by atoms with Crippen molar-refractivity contribution < 1.29 is 19.4 Å². The summed E-state index contributed by atoms with van der Waals surface area (Å²) in [5.41, 5.74) is 0.953. The Balaban J connectivity index is 2.41. The molecule has 1 aromatic rings. The molecule has 0 spiro atoms. The van der Waals surface area contributed by atoms with Crippen molar-refractivity contribution in [1.82, 2.24) is 0 Å². The van der Waals surface area contributed by atoms with E-state index in [2.05, 4.69) is 0 Å². The monoisotopic (exact) mass is 212 g/mol. The Morgan fingerprint density at radius 3 is 2.47 bits per heavy atom. The average molecular weight is 212 g/mol. The number of rotatable bonds is 5. The highest BCUT2D eigenvalue weighted by Gasteiger charge is 2.25. The van der Waals surface area contributed by atoms with E-state index in [9.17, 15) is 14.3 Å². The molecule has 0 saturated carbocycles. The van der Waals surface area contributed by atoms with Crippen LogP contribution in [0.2, 0.25) is 0 Å². The van der Waals surface area contributed by atoms with Gasteiger partial charge in [-0.25, -0.2) is 9.18 Å². The van der Waals surface area contributed by atoms with Gasteiger partial charge in [0.2, 0.25) is 6.17 Å². The molecule has 0 saturated heterocycles. The third-order valence-corrected chi connectivity index (χ3v) is 2.15. The van der Waals surface area contributed by atoms with Gasteiger partial charge in [-0.05, 0) is 18.4 Å². The van der Waals surface area contributed by atoms with Crippen LogP contribution in [0.1, 0.15) is 12.0 Å². The molecule has 0 aliphatic carbocycles. The number of benzene rings is 1. The van der Waals surface area contributed by atoms with Crippen LogP contribution in [-0.2, 0) is 11.2 Å². The standard InChI is InChI=1S/C11H13FO3/c12-10(11(14)15)9(13)7-6-8-4-2-1-3-5-8/h1-5,9-10,13H,6-7H2,(H,14,15). The minimum absolute atomic E-state index is 0.109. The second-order valence-corrected chi connectivity index (χ2v) is 3.33. The first-order valence-electron chi connectivity index (χ1n) is 4.70. The topological polar surface area (TPSA) is 57.5 Å². The summed E-state index contributed by atoms with van der Waals surface area (Å²) >= 11 is 0. The number of aliphatic carboxylic acids is 1. The van der Waals surface area contributed by atoms with E-state index in [0.717, 1.165) is 5.56 Å². The SMILES string of the molecule is O=C(O)C(F)C(O)CCc1ccccc1. The minimum Gasteiger partial charge on any atom is -0.479 e. The van der Waals surface area contributed by atoms with Crippen LogP contribution in [-0.4, -0.2) is 28.5 Å². The maximum atomic E-state index is 12.8. The molecule has 0 fully saturated rings. The van der Waals surface area contributed by atoms with E-state index in [4.69, 9.17) is 5.11 Å². The van der Waals surface area contributed by atoms with E-state index in [1.54, 1.807) is 0 Å². The Morgan fingerprint density at radius 1 is 1.33 bits per heavy atom. The fourth-order valence-corrected chi connectivity index (χ4v) is 1.27. The Labute approximate surface area is 87.2 Å². The van der Waals surface area contributed by atoms with Crippen molar-refractivity contribution in [3.8, 4) is 0 Å². The Morgan fingerprint density at radius 2 is 1.93 bits per heavy atom. The zero-order valence-corrected chi connectivity index (χ0v) is 8.14. The summed E-state index contributed by atoms with van der Waals surface area (Å²) in [5.74, 6) is -1.62. The van der Waals surface area contributed by atoms with Gasteiger partial charge in [0.05, 0.1) is 6.10 Å². The van der Waals surface area contributed by atoms with Crippen LogP contribution in [0.5, 0.6) is 0 Å². The van der Waals surface area contributed by atoms with Gasteiger partial charge in [-0.1, -0.05) is 30.3 Å². The highest BCUT2D eigenvalue weighted by Crippen LogP contribution is 2.09. The Bertz CT molecular complexity index is 313. The van der Waals surface area contributed by atoms with E-state index in [-0.39, 0.29) is 6.42 Å². The van der Waals surface area contributed by atoms with Crippen molar-refractivity contribution in [1.29, 1.82) is 0 Å². The fraction of sp³-hybridized carbons (Fsp3) is 0.364. The van der Waals surface area contributed by atoms with Crippen molar-refractivity contribution in [3.63, 3.8) is 0 Å². The fourth-order valence-electron chi connectivity index (χ4n) is 1.27. The number of hydrogen-bond donors (Lipinski definition) is 2. The molecule has 15 heavy (non-hydrogen) atoms. The van der Waals surface area contributed by atoms with Crippen molar-refractivity contribution in [2.45, 2.75) is 25.1 Å². The molecular weight excluding hydrogens is 199 g/mol. The van der Waals surface area contributed by atoms with Crippen molar-refractivity contribution >= 4 is 5.97 Å². The smallest absolute Gasteiger partial charge is 0.341 e. The second-order valence-electron chi connectivity index (χ2n) is 3.33. The number of aliphatic hydroxyl groups is 1. The van der Waals surface area contributed by atoms with Crippen molar-refractivity contribution in [3.05, 3.63) is 35.9 Å². The molecule has 3 nitrogen and oxygen atoms in total. The van der Waals surface area contributed by atoms with Gasteiger partial charge in [-0.3, -0.25) is 0 Å². The number of carboxylic acid groups (broad SMARTS) is 1. The lowest BCUT2D eigenvalue weighted by Gasteiger charge is -2.11. The lowest BCUT2D eigenvalue weighted by Crippen LogP contribution is -2.30. The minimum atomic E-state index is -2.20. The van der Waals surface area contributed by atoms with Crippen LogP contribution in [0.15, 0.2) is 30.3 Å². The van der Waals surface area contributed by atoms with Crippen molar-refractivity contribution in [2.24, 2.45) is 0 Å². The predicted molar refractivity (Wildman–Crippen MR) is 53.3 cm³/mol. The molecule has 0 aliphatic heterocycles. The third kappa shape index (κ3) is 3.67. The maximum Gasteiger partial charge on any atom is 0.341 e. The number of carboxylic acids is 1. The van der Waals surface area contributed by atoms with Gasteiger partial charge in [0.15, 0.2) is 0 Å². The number of halogens is 1. The first kappa shape index (κ1) is 11.7. The van der Waals surface area contributed by atoms with Crippen LogP contribution >= 0.6 is 0 Å². The molecule has 2 N–H and O–H groups in total. The number of carbonyl (C=O) groups is 1. The quantitative estimate of drug-likeness (QED) is 0.775. The lowest BCUT2D eigenvalue weighted by molar-refractivity contribution is -0.147. The van der Waals surface area contributed by atoms with Gasteiger partial charge in [-0.15, -0.1) is 0 Å². The van der Waals surface area contributed by atoms with E-state index in [1.165, 1.54) is 0 Å². The predicted octanol–water partition coefficient (Wildman–Crippen LogP) is 1.40. The second kappa shape index (κ2) is 5.46. The van der Waals surface area contributed by atoms with Crippen LogP contribution < -0.4 is 0 Å². The normalized spacial score (nSPS) is 14.5. The molecule has 82 valence electrons. The molecule has 2 unspecified atom stereocenters. The van der Waals surface area contributed by atoms with Crippen LogP contribution in [0, 0.1) is 0 Å². The summed E-state index contributed by atoms with van der Waals surface area (Å²) < 4.78 is 12.8. The van der Waals surface area contributed by atoms with E-state index >= 15 is 0 Å². The summed E-state index contributed by atoms with van der Waals surface area (Å²) in [7, 11) is 0. The molecule has 0 bridgehead atoms. The van der Waals surface area contributed by atoms with Crippen LogP contribution in [0.25, 0.3) is 0 Å². The number of aryl methyl sites for hydroxylation is 1. The summed E-state index contributed by atoms with van der Waals surface area (Å²) in [6, 6.07) is 9.23. The van der Waals surface area contributed by atoms with Gasteiger partial charge in [0.25, 0.3) is 0 Å². The molecule has 0 radical (unpaired) electrons. The summed E-state index contributed by atoms with van der Waals surface area (Å²) in [6.07, 6.45) is -3.07. The third-order valence-electron chi connectivity index (χ3n) is 2.15. The molecule has 1 rings (SSSR count). The van der Waals surface area contributed by atoms with Gasteiger partial charge in [0, 0.05) is 0 Å². The first-order valence-corrected chi connectivity index (χ1v) is 4.70. The van der Waals surface area contributed by atoms with Gasteiger partial charge in [-0.2, -0.15) is 0 Å². The average Bonchev–Trinajstić information content (AvgIpc) is 2.26. The molecule has 1 aromatic carbocycles. The number of aliphatic hydroxyl groups excluding tert-OH is 1. The largest absolute Gasteiger partial charge is 0.479 e. The zero-order valence-electron chi connectivity index (χ0n) is 8.14. The van der Waals surface area contributed by atoms with E-state index in [1.807, 2.05) is 30.3 Å². The van der Waals surface area contributed by atoms with Crippen molar-refractivity contribution in [2.75, 3.05) is 0 Å². The first-order chi connectivity index (χ1) is 7.11. The molecule has 0 aromatic heterocycles. The van der Waals surface area contributed by atoms with Gasteiger partial charge >= 0.3 is 5.97 Å². The van der Waals surface area contributed by atoms with Gasteiger partial charge in [0.1, 0.15) is 0 Å². The zero-order chi connectivity index (χ0) is 11.3. The Hall–Kier alpha value is -1.42. The van der Waals surface area contributed by atoms with Crippen LogP contribution in [0.4, 0.5) is 4.39 Å². The summed E-state index contributed by atoms with van der Waals surface area (Å²) in [5, 5.41) is 17.5. The van der Waals surface area contributed by atoms with Crippen LogP contribution in [0.3, 0.4) is 0 Å². The van der Waals surface area contributed by atoms with Gasteiger partial charge < -0.3 is 10.2 Å². The molecule has 0 amide bonds. The molecule has 4 heteroatoms. The Kier molecular flexibility index (Phi) is 4.24. The molecule has 2 atom stereocenters. The molecule has 0 aliphatic rings. The highest BCUT2D eigenvalue weighted by molar-refractivity contribution is 5.72. The number of hydrogen-bond acceptors (Lipinski definition) is 2. The summed E-state index contributed by atoms with van der Waals surface area (Å²) in [4.78, 5) is 10.2. The number of alkyl halides is 1.